The van der Waals surface area contributed by atoms with Gasteiger partial charge in [0.15, 0.2) is 0 Å². The number of nitrogens with zero attached hydrogens (tertiary/aromatic N) is 2. The average molecular weight is 345 g/mol. The SMILES string of the molecule is C[C@H](C(=O)Nc1cccc(CSC2CCOCC2)c1)n1cccn1. The maximum atomic E-state index is 12.3. The van der Waals surface area contributed by atoms with Gasteiger partial charge in [0, 0.05) is 42.3 Å². The molecule has 0 bridgehead atoms. The maximum absolute atomic E-state index is 12.3. The Morgan fingerprint density at radius 2 is 2.25 bits per heavy atom. The number of thioether (sulfide) groups is 1. The van der Waals surface area contributed by atoms with Crippen LogP contribution in [0.5, 0.6) is 0 Å². The zero-order valence-corrected chi connectivity index (χ0v) is 14.7. The molecule has 2 heterocycles. The van der Waals surface area contributed by atoms with Crippen LogP contribution < -0.4 is 5.32 Å². The van der Waals surface area contributed by atoms with Crippen LogP contribution in [0, 0.1) is 0 Å². The number of benzene rings is 1. The quantitative estimate of drug-likeness (QED) is 0.871. The zero-order valence-electron chi connectivity index (χ0n) is 13.9. The molecule has 5 nitrogen and oxygen atoms in total. The molecule has 3 rings (SSSR count). The lowest BCUT2D eigenvalue weighted by Crippen LogP contribution is -2.24. The molecule has 1 amide bonds. The molecule has 0 radical (unpaired) electrons. The van der Waals surface area contributed by atoms with Gasteiger partial charge in [-0.25, -0.2) is 0 Å². The summed E-state index contributed by atoms with van der Waals surface area (Å²) in [7, 11) is 0. The fourth-order valence-corrected chi connectivity index (χ4v) is 3.81. The van der Waals surface area contributed by atoms with Gasteiger partial charge in [-0.3, -0.25) is 9.48 Å². The van der Waals surface area contributed by atoms with Crippen molar-refractivity contribution in [3.8, 4) is 0 Å². The van der Waals surface area contributed by atoms with Crippen molar-refractivity contribution in [1.82, 2.24) is 9.78 Å². The normalized spacial score (nSPS) is 16.7. The number of carbonyl (C=O) groups is 1. The lowest BCUT2D eigenvalue weighted by atomic mass is 10.2. The molecule has 1 atom stereocenters. The largest absolute Gasteiger partial charge is 0.381 e. The number of rotatable bonds is 6. The summed E-state index contributed by atoms with van der Waals surface area (Å²) >= 11 is 1.98. The lowest BCUT2D eigenvalue weighted by Gasteiger charge is -2.21. The third-order valence-electron chi connectivity index (χ3n) is 4.15. The topological polar surface area (TPSA) is 56.1 Å². The minimum atomic E-state index is -0.333. The fraction of sp³-hybridized carbons (Fsp3) is 0.444. The molecule has 1 aromatic heterocycles. The number of hydrogen-bond donors (Lipinski definition) is 1. The summed E-state index contributed by atoms with van der Waals surface area (Å²) < 4.78 is 7.05. The highest BCUT2D eigenvalue weighted by Crippen LogP contribution is 2.26. The summed E-state index contributed by atoms with van der Waals surface area (Å²) in [6.45, 7) is 3.59. The molecule has 0 saturated carbocycles. The molecule has 0 spiro atoms. The van der Waals surface area contributed by atoms with Crippen LogP contribution in [0.1, 0.15) is 31.4 Å². The highest BCUT2D eigenvalue weighted by atomic mass is 32.2. The predicted molar refractivity (Wildman–Crippen MR) is 97.1 cm³/mol. The third kappa shape index (κ3) is 4.61. The average Bonchev–Trinajstić information content (AvgIpc) is 3.15. The molecule has 6 heteroatoms. The third-order valence-corrected chi connectivity index (χ3v) is 5.59. The van der Waals surface area contributed by atoms with Crippen LogP contribution in [-0.2, 0) is 15.3 Å². The van der Waals surface area contributed by atoms with E-state index >= 15 is 0 Å². The van der Waals surface area contributed by atoms with Gasteiger partial charge in [-0.05, 0) is 43.5 Å². The second kappa shape index (κ2) is 8.35. The number of anilines is 1. The predicted octanol–water partition coefficient (Wildman–Crippen LogP) is 3.50. The first-order valence-electron chi connectivity index (χ1n) is 8.30. The van der Waals surface area contributed by atoms with E-state index in [1.54, 1.807) is 17.1 Å². The Labute approximate surface area is 146 Å². The number of amides is 1. The van der Waals surface area contributed by atoms with Gasteiger partial charge in [0.25, 0.3) is 0 Å². The molecule has 1 aromatic carbocycles. The maximum Gasteiger partial charge on any atom is 0.248 e. The van der Waals surface area contributed by atoms with E-state index in [-0.39, 0.29) is 11.9 Å². The van der Waals surface area contributed by atoms with Crippen LogP contribution in [0.25, 0.3) is 0 Å². The van der Waals surface area contributed by atoms with Gasteiger partial charge in [0.2, 0.25) is 5.91 Å². The summed E-state index contributed by atoms with van der Waals surface area (Å²) in [5.74, 6) is 0.899. The van der Waals surface area contributed by atoms with Gasteiger partial charge in [-0.15, -0.1) is 0 Å². The Morgan fingerprint density at radius 3 is 3.00 bits per heavy atom. The number of ether oxygens (including phenoxy) is 1. The van der Waals surface area contributed by atoms with Gasteiger partial charge in [-0.2, -0.15) is 16.9 Å². The van der Waals surface area contributed by atoms with Crippen molar-refractivity contribution in [3.63, 3.8) is 0 Å². The zero-order chi connectivity index (χ0) is 16.8. The summed E-state index contributed by atoms with van der Waals surface area (Å²) in [6.07, 6.45) is 5.73. The van der Waals surface area contributed by atoms with Crippen LogP contribution >= 0.6 is 11.8 Å². The molecule has 1 aliphatic rings. The van der Waals surface area contributed by atoms with Crippen molar-refractivity contribution in [2.24, 2.45) is 0 Å². The van der Waals surface area contributed by atoms with E-state index in [1.165, 1.54) is 5.56 Å². The molecule has 24 heavy (non-hydrogen) atoms. The van der Waals surface area contributed by atoms with Gasteiger partial charge in [-0.1, -0.05) is 12.1 Å². The van der Waals surface area contributed by atoms with Crippen LogP contribution in [0.15, 0.2) is 42.7 Å². The van der Waals surface area contributed by atoms with E-state index in [0.29, 0.717) is 5.25 Å². The van der Waals surface area contributed by atoms with Crippen molar-refractivity contribution >= 4 is 23.4 Å². The van der Waals surface area contributed by atoms with E-state index in [2.05, 4.69) is 22.5 Å². The van der Waals surface area contributed by atoms with Gasteiger partial charge >= 0.3 is 0 Å². The van der Waals surface area contributed by atoms with Crippen molar-refractivity contribution in [2.45, 2.75) is 36.8 Å². The Bertz CT molecular complexity index is 654. The van der Waals surface area contributed by atoms with Crippen LogP contribution in [-0.4, -0.2) is 34.2 Å². The number of nitrogens with one attached hydrogen (secondary N) is 1. The minimum Gasteiger partial charge on any atom is -0.381 e. The molecule has 128 valence electrons. The molecule has 1 saturated heterocycles. The summed E-state index contributed by atoms with van der Waals surface area (Å²) in [6, 6.07) is 9.57. The Kier molecular flexibility index (Phi) is 5.93. The Hall–Kier alpha value is -1.79. The molecule has 1 fully saturated rings. The van der Waals surface area contributed by atoms with Crippen molar-refractivity contribution in [1.29, 1.82) is 0 Å². The van der Waals surface area contributed by atoms with E-state index in [0.717, 1.165) is 37.5 Å². The fourth-order valence-electron chi connectivity index (χ4n) is 2.67. The first-order valence-corrected chi connectivity index (χ1v) is 9.35. The smallest absolute Gasteiger partial charge is 0.248 e. The number of carbonyl (C=O) groups excluding carboxylic acids is 1. The van der Waals surface area contributed by atoms with E-state index in [4.69, 9.17) is 4.74 Å². The molecule has 1 aliphatic heterocycles. The molecular weight excluding hydrogens is 322 g/mol. The van der Waals surface area contributed by atoms with Gasteiger partial charge < -0.3 is 10.1 Å². The van der Waals surface area contributed by atoms with Crippen molar-refractivity contribution in [2.75, 3.05) is 18.5 Å². The second-order valence-electron chi connectivity index (χ2n) is 5.97. The molecular formula is C18H23N3O2S. The molecule has 2 aromatic rings. The Morgan fingerprint density at radius 1 is 1.42 bits per heavy atom. The molecule has 1 N–H and O–H groups in total. The van der Waals surface area contributed by atoms with E-state index in [1.807, 2.05) is 36.9 Å². The monoisotopic (exact) mass is 345 g/mol. The highest BCUT2D eigenvalue weighted by Gasteiger charge is 2.16. The second-order valence-corrected chi connectivity index (χ2v) is 7.26. The minimum absolute atomic E-state index is 0.0621. The van der Waals surface area contributed by atoms with Gasteiger partial charge in [0.1, 0.15) is 6.04 Å². The van der Waals surface area contributed by atoms with Crippen LogP contribution in [0.4, 0.5) is 5.69 Å². The number of aromatic nitrogens is 2. The number of hydrogen-bond acceptors (Lipinski definition) is 4. The van der Waals surface area contributed by atoms with Crippen molar-refractivity contribution < 1.29 is 9.53 Å². The van der Waals surface area contributed by atoms with Crippen molar-refractivity contribution in [3.05, 3.63) is 48.3 Å². The summed E-state index contributed by atoms with van der Waals surface area (Å²) in [5, 5.41) is 7.78. The highest BCUT2D eigenvalue weighted by molar-refractivity contribution is 7.99. The van der Waals surface area contributed by atoms with Gasteiger partial charge in [0.05, 0.1) is 0 Å². The van der Waals surface area contributed by atoms with Crippen LogP contribution in [0.3, 0.4) is 0 Å². The van der Waals surface area contributed by atoms with Crippen LogP contribution in [0.2, 0.25) is 0 Å². The standard InChI is InChI=1S/C18H23N3O2S/c1-14(21-9-3-8-19-21)18(22)20-16-5-2-4-15(12-16)13-24-17-6-10-23-11-7-17/h2-5,8-9,12,14,17H,6-7,10-11,13H2,1H3,(H,20,22)/t14-/m1/s1. The van der Waals surface area contributed by atoms with E-state index < -0.39 is 0 Å². The lowest BCUT2D eigenvalue weighted by molar-refractivity contribution is -0.119. The first kappa shape index (κ1) is 17.0. The molecule has 0 aliphatic carbocycles. The first-order chi connectivity index (χ1) is 11.7. The summed E-state index contributed by atoms with van der Waals surface area (Å²) in [4.78, 5) is 12.3. The van der Waals surface area contributed by atoms with E-state index in [9.17, 15) is 4.79 Å². The molecule has 0 unspecified atom stereocenters. The Balaban J connectivity index is 1.55. The summed E-state index contributed by atoms with van der Waals surface area (Å²) in [5.41, 5.74) is 2.07.